The average Bonchev–Trinajstić information content (AvgIpc) is 2.66. The minimum absolute atomic E-state index is 0.00493. The first-order chi connectivity index (χ1) is 13.2. The molecule has 0 radical (unpaired) electrons. The van der Waals surface area contributed by atoms with E-state index in [0.717, 1.165) is 5.75 Å². The molecule has 3 aromatic carbocycles. The summed E-state index contributed by atoms with van der Waals surface area (Å²) in [5.41, 5.74) is 2.72. The summed E-state index contributed by atoms with van der Waals surface area (Å²) < 4.78 is 6.78. The molecule has 0 aliphatic heterocycles. The summed E-state index contributed by atoms with van der Waals surface area (Å²) in [7, 11) is -0.928. The maximum Gasteiger partial charge on any atom is 0.150 e. The predicted molar refractivity (Wildman–Crippen MR) is 124 cm³/mol. The minimum atomic E-state index is -0.928. The van der Waals surface area contributed by atoms with Gasteiger partial charge in [0.15, 0.2) is 8.15 Å². The summed E-state index contributed by atoms with van der Waals surface area (Å²) in [5.74, 6) is 0.985. The molecule has 0 fully saturated rings. The molecule has 0 heterocycles. The van der Waals surface area contributed by atoms with Crippen molar-refractivity contribution >= 4 is 18.8 Å². The molecule has 0 spiro atoms. The van der Waals surface area contributed by atoms with Gasteiger partial charge in [-0.05, 0) is 22.5 Å². The van der Waals surface area contributed by atoms with Crippen molar-refractivity contribution in [3.05, 3.63) is 90.0 Å². The molecule has 0 aromatic heterocycles. The number of rotatable bonds is 4. The second kappa shape index (κ2) is 8.10. The molecule has 28 heavy (non-hydrogen) atoms. The van der Waals surface area contributed by atoms with Crippen LogP contribution in [0.5, 0.6) is 5.75 Å². The zero-order valence-corrected chi connectivity index (χ0v) is 18.8. The predicted octanol–water partition coefficient (Wildman–Crippen LogP) is 6.71. The van der Waals surface area contributed by atoms with Gasteiger partial charge in [-0.3, -0.25) is 0 Å². The van der Waals surface area contributed by atoms with Crippen molar-refractivity contribution in [2.45, 2.75) is 52.4 Å². The third kappa shape index (κ3) is 4.83. The Morgan fingerprint density at radius 1 is 0.607 bits per heavy atom. The van der Waals surface area contributed by atoms with Crippen molar-refractivity contribution in [3.8, 4) is 5.75 Å². The molecule has 0 atom stereocenters. The maximum absolute atomic E-state index is 6.78. The standard InChI is InChI=1S/C26H31OP/c1-25(2,3)20-17-18-24(23(19-20)26(4,5)6)27-28(21-13-9-7-10-14-21)22-15-11-8-12-16-22/h7-19H,1-6H3. The third-order valence-corrected chi connectivity index (χ3v) is 6.74. The van der Waals surface area contributed by atoms with E-state index in [1.54, 1.807) is 0 Å². The van der Waals surface area contributed by atoms with Crippen LogP contribution in [-0.4, -0.2) is 0 Å². The molecule has 0 bridgehead atoms. The van der Waals surface area contributed by atoms with Crippen LogP contribution in [-0.2, 0) is 10.8 Å². The molecular formula is C26H31OP. The van der Waals surface area contributed by atoms with Crippen LogP contribution in [0.25, 0.3) is 0 Å². The molecule has 0 saturated carbocycles. The van der Waals surface area contributed by atoms with Gasteiger partial charge in [-0.15, -0.1) is 0 Å². The molecule has 0 N–H and O–H groups in total. The lowest BCUT2D eigenvalue weighted by Crippen LogP contribution is -2.20. The van der Waals surface area contributed by atoms with E-state index in [1.807, 2.05) is 0 Å². The van der Waals surface area contributed by atoms with Crippen LogP contribution in [0.1, 0.15) is 52.7 Å². The monoisotopic (exact) mass is 390 g/mol. The van der Waals surface area contributed by atoms with Gasteiger partial charge in [0.05, 0.1) is 0 Å². The fraction of sp³-hybridized carbons (Fsp3) is 0.308. The summed E-state index contributed by atoms with van der Waals surface area (Å²) in [4.78, 5) is 0. The van der Waals surface area contributed by atoms with Crippen LogP contribution in [0.15, 0.2) is 78.9 Å². The number of hydrogen-bond donors (Lipinski definition) is 0. The SMILES string of the molecule is CC(C)(C)c1ccc(OP(c2ccccc2)c2ccccc2)c(C(C)(C)C)c1. The van der Waals surface area contributed by atoms with Gasteiger partial charge in [-0.25, -0.2) is 0 Å². The van der Waals surface area contributed by atoms with Gasteiger partial charge >= 0.3 is 0 Å². The lowest BCUT2D eigenvalue weighted by atomic mass is 9.80. The van der Waals surface area contributed by atoms with Crippen molar-refractivity contribution in [3.63, 3.8) is 0 Å². The van der Waals surface area contributed by atoms with E-state index < -0.39 is 8.15 Å². The fourth-order valence-electron chi connectivity index (χ4n) is 3.14. The van der Waals surface area contributed by atoms with E-state index in [-0.39, 0.29) is 10.8 Å². The average molecular weight is 391 g/mol. The zero-order chi connectivity index (χ0) is 20.4. The summed E-state index contributed by atoms with van der Waals surface area (Å²) in [6, 6.07) is 27.8. The molecule has 1 nitrogen and oxygen atoms in total. The van der Waals surface area contributed by atoms with Crippen LogP contribution >= 0.6 is 8.15 Å². The fourth-order valence-corrected chi connectivity index (χ4v) is 4.89. The Morgan fingerprint density at radius 3 is 1.54 bits per heavy atom. The van der Waals surface area contributed by atoms with E-state index in [2.05, 4.69) is 120 Å². The second-order valence-corrected chi connectivity index (χ2v) is 11.1. The van der Waals surface area contributed by atoms with Crippen molar-refractivity contribution in [2.24, 2.45) is 0 Å². The first kappa shape index (κ1) is 20.6. The van der Waals surface area contributed by atoms with Crippen LogP contribution in [0.3, 0.4) is 0 Å². The summed E-state index contributed by atoms with van der Waals surface area (Å²) in [6.07, 6.45) is 0. The molecule has 146 valence electrons. The van der Waals surface area contributed by atoms with E-state index >= 15 is 0 Å². The Balaban J connectivity index is 2.08. The van der Waals surface area contributed by atoms with Crippen LogP contribution in [0.2, 0.25) is 0 Å². The summed E-state index contributed by atoms with van der Waals surface area (Å²) >= 11 is 0. The number of benzene rings is 3. The zero-order valence-electron chi connectivity index (χ0n) is 17.9. The lowest BCUT2D eigenvalue weighted by molar-refractivity contribution is 0.532. The van der Waals surface area contributed by atoms with Crippen LogP contribution in [0, 0.1) is 0 Å². The van der Waals surface area contributed by atoms with E-state index in [1.165, 1.54) is 21.7 Å². The highest BCUT2D eigenvalue weighted by molar-refractivity contribution is 7.68. The normalized spacial score (nSPS) is 12.2. The Morgan fingerprint density at radius 2 is 1.11 bits per heavy atom. The summed E-state index contributed by atoms with van der Waals surface area (Å²) in [6.45, 7) is 13.6. The van der Waals surface area contributed by atoms with Crippen molar-refractivity contribution in [2.75, 3.05) is 0 Å². The summed E-state index contributed by atoms with van der Waals surface area (Å²) in [5, 5.41) is 2.45. The van der Waals surface area contributed by atoms with E-state index in [4.69, 9.17) is 4.52 Å². The van der Waals surface area contributed by atoms with Crippen molar-refractivity contribution in [1.29, 1.82) is 0 Å². The van der Waals surface area contributed by atoms with Gasteiger partial charge in [0.25, 0.3) is 0 Å². The molecule has 0 unspecified atom stereocenters. The van der Waals surface area contributed by atoms with Gasteiger partial charge in [0.2, 0.25) is 0 Å². The molecule has 0 amide bonds. The van der Waals surface area contributed by atoms with Crippen molar-refractivity contribution in [1.82, 2.24) is 0 Å². The highest BCUT2D eigenvalue weighted by Gasteiger charge is 2.25. The molecule has 2 heteroatoms. The second-order valence-electron chi connectivity index (χ2n) is 9.27. The smallest absolute Gasteiger partial charge is 0.150 e. The lowest BCUT2D eigenvalue weighted by Gasteiger charge is -2.29. The highest BCUT2D eigenvalue weighted by atomic mass is 31.1. The third-order valence-electron chi connectivity index (χ3n) is 4.82. The topological polar surface area (TPSA) is 9.23 Å². The van der Waals surface area contributed by atoms with Gasteiger partial charge < -0.3 is 4.52 Å². The van der Waals surface area contributed by atoms with Gasteiger partial charge in [0, 0.05) is 16.2 Å². The van der Waals surface area contributed by atoms with Gasteiger partial charge in [-0.1, -0.05) is 114 Å². The molecule has 0 aliphatic carbocycles. The van der Waals surface area contributed by atoms with Crippen LogP contribution in [0.4, 0.5) is 0 Å². The molecular weight excluding hydrogens is 359 g/mol. The quantitative estimate of drug-likeness (QED) is 0.450. The Bertz CT molecular complexity index is 863. The van der Waals surface area contributed by atoms with E-state index in [0.29, 0.717) is 0 Å². The van der Waals surface area contributed by atoms with E-state index in [9.17, 15) is 0 Å². The Kier molecular flexibility index (Phi) is 5.96. The first-order valence-corrected chi connectivity index (χ1v) is 11.2. The van der Waals surface area contributed by atoms with Crippen molar-refractivity contribution < 1.29 is 4.52 Å². The largest absolute Gasteiger partial charge is 0.464 e. The highest BCUT2D eigenvalue weighted by Crippen LogP contribution is 2.42. The Hall–Kier alpha value is -2.11. The molecule has 3 rings (SSSR count). The number of hydrogen-bond acceptors (Lipinski definition) is 1. The molecule has 0 saturated heterocycles. The minimum Gasteiger partial charge on any atom is -0.464 e. The Labute approximate surface area is 171 Å². The molecule has 0 aliphatic rings. The maximum atomic E-state index is 6.78. The van der Waals surface area contributed by atoms with Gasteiger partial charge in [0.1, 0.15) is 5.75 Å². The van der Waals surface area contributed by atoms with Gasteiger partial charge in [-0.2, -0.15) is 0 Å². The first-order valence-electron chi connectivity index (χ1n) is 9.89. The molecule has 3 aromatic rings. The van der Waals surface area contributed by atoms with Crippen LogP contribution < -0.4 is 15.1 Å².